The van der Waals surface area contributed by atoms with Crippen molar-refractivity contribution < 1.29 is 9.18 Å². The summed E-state index contributed by atoms with van der Waals surface area (Å²) >= 11 is 0. The molecule has 1 N–H and O–H groups in total. The van der Waals surface area contributed by atoms with Gasteiger partial charge in [0.1, 0.15) is 12.4 Å². The van der Waals surface area contributed by atoms with E-state index >= 15 is 0 Å². The molecular weight excluding hydrogens is 321 g/mol. The summed E-state index contributed by atoms with van der Waals surface area (Å²) in [7, 11) is 0. The fourth-order valence-corrected chi connectivity index (χ4v) is 2.70. The molecule has 1 amide bonds. The van der Waals surface area contributed by atoms with Crippen LogP contribution < -0.4 is 10.9 Å². The number of nitrogens with one attached hydrogen (secondary N) is 1. The third-order valence-corrected chi connectivity index (χ3v) is 3.99. The van der Waals surface area contributed by atoms with E-state index in [4.69, 9.17) is 0 Å². The lowest BCUT2D eigenvalue weighted by Gasteiger charge is -2.09. The standard InChI is InChI=1S/C19H18FN3O2/c1-13-16-4-2-3-5-17(16)19(25)23(22-13)12-18(24)21-11-10-14-6-8-15(20)9-7-14/h2-9H,10-12H2,1H3,(H,21,24). The van der Waals surface area contributed by atoms with Gasteiger partial charge in [-0.2, -0.15) is 5.10 Å². The zero-order valence-electron chi connectivity index (χ0n) is 13.8. The molecule has 3 rings (SSSR count). The van der Waals surface area contributed by atoms with Gasteiger partial charge in [0.05, 0.1) is 11.1 Å². The molecule has 0 atom stereocenters. The second-order valence-corrected chi connectivity index (χ2v) is 5.82. The van der Waals surface area contributed by atoms with Crippen LogP contribution in [0, 0.1) is 12.7 Å². The van der Waals surface area contributed by atoms with E-state index in [0.29, 0.717) is 24.0 Å². The fourth-order valence-electron chi connectivity index (χ4n) is 2.70. The highest BCUT2D eigenvalue weighted by molar-refractivity contribution is 5.83. The summed E-state index contributed by atoms with van der Waals surface area (Å²) in [6.07, 6.45) is 0.588. The van der Waals surface area contributed by atoms with Gasteiger partial charge in [0, 0.05) is 11.9 Å². The zero-order chi connectivity index (χ0) is 17.8. The zero-order valence-corrected chi connectivity index (χ0v) is 13.8. The minimum atomic E-state index is -0.287. The molecule has 3 aromatic rings. The molecule has 6 heteroatoms. The van der Waals surface area contributed by atoms with Gasteiger partial charge in [0.25, 0.3) is 5.56 Å². The highest BCUT2D eigenvalue weighted by atomic mass is 19.1. The van der Waals surface area contributed by atoms with Crippen molar-refractivity contribution in [3.8, 4) is 0 Å². The Morgan fingerprint density at radius 1 is 1.12 bits per heavy atom. The van der Waals surface area contributed by atoms with Gasteiger partial charge in [-0.05, 0) is 37.1 Å². The Bertz CT molecular complexity index is 965. The maximum Gasteiger partial charge on any atom is 0.275 e. The number of hydrogen-bond acceptors (Lipinski definition) is 3. The van der Waals surface area contributed by atoms with Crippen molar-refractivity contribution in [2.24, 2.45) is 0 Å². The third-order valence-electron chi connectivity index (χ3n) is 3.99. The first-order chi connectivity index (χ1) is 12.0. The molecular formula is C19H18FN3O2. The summed E-state index contributed by atoms with van der Waals surface area (Å²) in [5.74, 6) is -0.573. The highest BCUT2D eigenvalue weighted by Crippen LogP contribution is 2.11. The van der Waals surface area contributed by atoms with Crippen molar-refractivity contribution in [2.45, 2.75) is 19.9 Å². The van der Waals surface area contributed by atoms with Gasteiger partial charge < -0.3 is 5.32 Å². The predicted molar refractivity (Wildman–Crippen MR) is 93.9 cm³/mol. The van der Waals surface area contributed by atoms with E-state index in [1.807, 2.05) is 19.1 Å². The number of halogens is 1. The minimum Gasteiger partial charge on any atom is -0.354 e. The Kier molecular flexibility index (Phi) is 4.88. The molecule has 0 saturated heterocycles. The second-order valence-electron chi connectivity index (χ2n) is 5.82. The molecule has 0 aliphatic carbocycles. The number of fused-ring (bicyclic) bond motifs is 1. The van der Waals surface area contributed by atoms with Crippen molar-refractivity contribution in [1.29, 1.82) is 0 Å². The van der Waals surface area contributed by atoms with Crippen LogP contribution in [0.25, 0.3) is 10.8 Å². The Morgan fingerprint density at radius 2 is 1.80 bits per heavy atom. The number of aryl methyl sites for hydroxylation is 1. The van der Waals surface area contributed by atoms with Crippen molar-refractivity contribution >= 4 is 16.7 Å². The number of amides is 1. The van der Waals surface area contributed by atoms with Crippen LogP contribution in [0.2, 0.25) is 0 Å². The Morgan fingerprint density at radius 3 is 2.52 bits per heavy atom. The van der Waals surface area contributed by atoms with E-state index in [1.54, 1.807) is 24.3 Å². The second kappa shape index (κ2) is 7.25. The average Bonchev–Trinajstić information content (AvgIpc) is 2.61. The first-order valence-corrected chi connectivity index (χ1v) is 8.02. The summed E-state index contributed by atoms with van der Waals surface area (Å²) in [6, 6.07) is 13.3. The van der Waals surface area contributed by atoms with Crippen molar-refractivity contribution in [3.63, 3.8) is 0 Å². The van der Waals surface area contributed by atoms with Crippen molar-refractivity contribution in [2.75, 3.05) is 6.54 Å². The largest absolute Gasteiger partial charge is 0.354 e. The lowest BCUT2D eigenvalue weighted by Crippen LogP contribution is -2.35. The van der Waals surface area contributed by atoms with Crippen LogP contribution in [0.3, 0.4) is 0 Å². The molecule has 0 unspecified atom stereocenters. The minimum absolute atomic E-state index is 0.131. The summed E-state index contributed by atoms with van der Waals surface area (Å²) in [6.45, 7) is 2.09. The molecule has 0 saturated carbocycles. The third kappa shape index (κ3) is 3.91. The molecule has 1 heterocycles. The van der Waals surface area contributed by atoms with E-state index < -0.39 is 0 Å². The SMILES string of the molecule is Cc1nn(CC(=O)NCCc2ccc(F)cc2)c(=O)c2ccccc12. The quantitative estimate of drug-likeness (QED) is 0.775. The normalized spacial score (nSPS) is 10.8. The number of nitrogens with zero attached hydrogens (tertiary/aromatic N) is 2. The molecule has 25 heavy (non-hydrogen) atoms. The van der Waals surface area contributed by atoms with Gasteiger partial charge in [-0.3, -0.25) is 9.59 Å². The summed E-state index contributed by atoms with van der Waals surface area (Å²) in [5.41, 5.74) is 1.35. The first-order valence-electron chi connectivity index (χ1n) is 8.02. The number of hydrogen-bond donors (Lipinski definition) is 1. The highest BCUT2D eigenvalue weighted by Gasteiger charge is 2.10. The van der Waals surface area contributed by atoms with Gasteiger partial charge in [-0.15, -0.1) is 0 Å². The summed E-state index contributed by atoms with van der Waals surface area (Å²) in [4.78, 5) is 24.5. The molecule has 0 aliphatic rings. The van der Waals surface area contributed by atoms with Crippen LogP contribution in [-0.4, -0.2) is 22.2 Å². The van der Waals surface area contributed by atoms with Crippen molar-refractivity contribution in [1.82, 2.24) is 15.1 Å². The van der Waals surface area contributed by atoms with E-state index in [9.17, 15) is 14.0 Å². The molecule has 5 nitrogen and oxygen atoms in total. The summed E-state index contributed by atoms with van der Waals surface area (Å²) in [5, 5.41) is 8.32. The molecule has 0 bridgehead atoms. The maximum absolute atomic E-state index is 12.9. The van der Waals surface area contributed by atoms with E-state index in [1.165, 1.54) is 16.8 Å². The number of benzene rings is 2. The summed E-state index contributed by atoms with van der Waals surface area (Å²) < 4.78 is 14.0. The van der Waals surface area contributed by atoms with Crippen LogP contribution in [0.4, 0.5) is 4.39 Å². The number of carbonyl (C=O) groups is 1. The number of aromatic nitrogens is 2. The molecule has 2 aromatic carbocycles. The Hall–Kier alpha value is -3.02. The van der Waals surface area contributed by atoms with Gasteiger partial charge in [0.2, 0.25) is 5.91 Å². The smallest absolute Gasteiger partial charge is 0.275 e. The van der Waals surface area contributed by atoms with Crippen LogP contribution in [0.15, 0.2) is 53.3 Å². The van der Waals surface area contributed by atoms with Gasteiger partial charge >= 0.3 is 0 Å². The maximum atomic E-state index is 12.9. The average molecular weight is 339 g/mol. The Balaban J connectivity index is 1.65. The van der Waals surface area contributed by atoms with Gasteiger partial charge in [0.15, 0.2) is 0 Å². The Labute approximate surface area is 144 Å². The van der Waals surface area contributed by atoms with Crippen LogP contribution in [-0.2, 0) is 17.8 Å². The van der Waals surface area contributed by atoms with E-state index in [0.717, 1.165) is 10.9 Å². The fraction of sp³-hybridized carbons (Fsp3) is 0.211. The molecule has 1 aromatic heterocycles. The molecule has 0 spiro atoms. The molecule has 0 fully saturated rings. The van der Waals surface area contributed by atoms with E-state index in [2.05, 4.69) is 10.4 Å². The molecule has 0 radical (unpaired) electrons. The molecule has 128 valence electrons. The predicted octanol–water partition coefficient (Wildman–Crippen LogP) is 2.20. The lowest BCUT2D eigenvalue weighted by molar-refractivity contribution is -0.121. The van der Waals surface area contributed by atoms with E-state index in [-0.39, 0.29) is 23.8 Å². The van der Waals surface area contributed by atoms with Gasteiger partial charge in [-0.1, -0.05) is 30.3 Å². The van der Waals surface area contributed by atoms with Crippen LogP contribution in [0.5, 0.6) is 0 Å². The van der Waals surface area contributed by atoms with Gasteiger partial charge in [-0.25, -0.2) is 9.07 Å². The van der Waals surface area contributed by atoms with Crippen molar-refractivity contribution in [3.05, 3.63) is 76.0 Å². The first kappa shape index (κ1) is 16.8. The number of carbonyl (C=O) groups excluding carboxylic acids is 1. The van der Waals surface area contributed by atoms with Crippen LogP contribution in [0.1, 0.15) is 11.3 Å². The topological polar surface area (TPSA) is 64.0 Å². The monoisotopic (exact) mass is 339 g/mol. The number of rotatable bonds is 5. The van der Waals surface area contributed by atoms with Crippen LogP contribution >= 0.6 is 0 Å². The lowest BCUT2D eigenvalue weighted by atomic mass is 10.1. The molecule has 0 aliphatic heterocycles.